The summed E-state index contributed by atoms with van der Waals surface area (Å²) in [6.07, 6.45) is 7.28. The quantitative estimate of drug-likeness (QED) is 0.695. The number of carbonyl (C=O) groups excluding carboxylic acids is 1. The number of thiazole rings is 1. The summed E-state index contributed by atoms with van der Waals surface area (Å²) in [6, 6.07) is 5.57. The van der Waals surface area contributed by atoms with E-state index >= 15 is 0 Å². The molecule has 0 unspecified atom stereocenters. The van der Waals surface area contributed by atoms with E-state index in [-0.39, 0.29) is 17.9 Å². The van der Waals surface area contributed by atoms with Crippen LogP contribution in [0.25, 0.3) is 10.9 Å². The van der Waals surface area contributed by atoms with Crippen LogP contribution in [0, 0.1) is 6.92 Å². The summed E-state index contributed by atoms with van der Waals surface area (Å²) >= 11 is 1.79. The van der Waals surface area contributed by atoms with Crippen LogP contribution in [0.4, 0.5) is 0 Å². The zero-order valence-electron chi connectivity index (χ0n) is 16.0. The summed E-state index contributed by atoms with van der Waals surface area (Å²) < 4.78 is 1.51. The van der Waals surface area contributed by atoms with Crippen molar-refractivity contribution >= 4 is 28.1 Å². The maximum Gasteiger partial charge on any atom is 0.261 e. The summed E-state index contributed by atoms with van der Waals surface area (Å²) in [5, 5.41) is 4.64. The number of para-hydroxylation sites is 1. The highest BCUT2D eigenvalue weighted by Gasteiger charge is 2.15. The normalized spacial score (nSPS) is 13.5. The van der Waals surface area contributed by atoms with Crippen LogP contribution < -0.4 is 10.9 Å². The van der Waals surface area contributed by atoms with Crippen LogP contribution in [0.3, 0.4) is 0 Å². The molecule has 28 heavy (non-hydrogen) atoms. The molecule has 146 valence electrons. The number of hydrogen-bond donors (Lipinski definition) is 1. The second kappa shape index (κ2) is 8.22. The molecule has 0 radical (unpaired) electrons. The molecular weight excluding hydrogens is 372 g/mol. The lowest BCUT2D eigenvalue weighted by Crippen LogP contribution is -2.29. The Hall–Kier alpha value is -2.54. The number of fused-ring (bicyclic) bond motifs is 2. The van der Waals surface area contributed by atoms with Crippen LogP contribution in [0.5, 0.6) is 0 Å². The van der Waals surface area contributed by atoms with Crippen LogP contribution in [-0.2, 0) is 30.6 Å². The number of benzene rings is 1. The van der Waals surface area contributed by atoms with E-state index in [0.29, 0.717) is 18.5 Å². The fourth-order valence-corrected chi connectivity index (χ4v) is 4.78. The third kappa shape index (κ3) is 3.99. The molecule has 0 saturated carbocycles. The van der Waals surface area contributed by atoms with Gasteiger partial charge in [-0.1, -0.05) is 12.1 Å². The lowest BCUT2D eigenvalue weighted by Gasteiger charge is -2.08. The first-order valence-corrected chi connectivity index (χ1v) is 10.6. The van der Waals surface area contributed by atoms with E-state index in [1.807, 2.05) is 19.1 Å². The number of hydrogen-bond acceptors (Lipinski definition) is 5. The molecule has 0 atom stereocenters. The van der Waals surface area contributed by atoms with Crippen molar-refractivity contribution in [2.75, 3.05) is 6.54 Å². The van der Waals surface area contributed by atoms with Gasteiger partial charge in [-0.05, 0) is 44.2 Å². The van der Waals surface area contributed by atoms with Crippen molar-refractivity contribution < 1.29 is 4.79 Å². The van der Waals surface area contributed by atoms with Crippen molar-refractivity contribution in [3.63, 3.8) is 0 Å². The molecule has 2 aromatic heterocycles. The van der Waals surface area contributed by atoms with E-state index in [9.17, 15) is 9.59 Å². The van der Waals surface area contributed by atoms with Gasteiger partial charge in [-0.2, -0.15) is 0 Å². The fourth-order valence-electron chi connectivity index (χ4n) is 3.63. The van der Waals surface area contributed by atoms with Gasteiger partial charge in [-0.15, -0.1) is 11.3 Å². The van der Waals surface area contributed by atoms with Gasteiger partial charge in [0.2, 0.25) is 5.91 Å². The van der Waals surface area contributed by atoms with Crippen LogP contribution in [-0.4, -0.2) is 27.0 Å². The summed E-state index contributed by atoms with van der Waals surface area (Å²) in [5.74, 6) is -0.0578. The Morgan fingerprint density at radius 1 is 1.29 bits per heavy atom. The van der Waals surface area contributed by atoms with Crippen molar-refractivity contribution in [1.29, 1.82) is 0 Å². The molecule has 1 amide bonds. The molecule has 1 N–H and O–H groups in total. The van der Waals surface area contributed by atoms with E-state index in [1.54, 1.807) is 17.4 Å². The zero-order valence-corrected chi connectivity index (χ0v) is 16.8. The third-order valence-corrected chi connectivity index (χ3v) is 6.40. The van der Waals surface area contributed by atoms with Crippen molar-refractivity contribution in [1.82, 2.24) is 19.9 Å². The molecule has 0 saturated heterocycles. The summed E-state index contributed by atoms with van der Waals surface area (Å²) in [5.41, 5.74) is 2.86. The van der Waals surface area contributed by atoms with E-state index in [2.05, 4.69) is 10.3 Å². The molecule has 6 nitrogen and oxygen atoms in total. The van der Waals surface area contributed by atoms with Gasteiger partial charge in [-0.25, -0.2) is 9.97 Å². The number of aromatic nitrogens is 3. The van der Waals surface area contributed by atoms with Crippen LogP contribution >= 0.6 is 11.3 Å². The molecule has 0 fully saturated rings. The maximum absolute atomic E-state index is 12.6. The summed E-state index contributed by atoms with van der Waals surface area (Å²) in [7, 11) is 0. The van der Waals surface area contributed by atoms with E-state index in [0.717, 1.165) is 35.4 Å². The Morgan fingerprint density at radius 2 is 2.14 bits per heavy atom. The largest absolute Gasteiger partial charge is 0.356 e. The topological polar surface area (TPSA) is 76.9 Å². The number of nitrogens with one attached hydrogen (secondary N) is 1. The van der Waals surface area contributed by atoms with Gasteiger partial charge in [-0.3, -0.25) is 14.2 Å². The smallest absolute Gasteiger partial charge is 0.261 e. The molecule has 3 aromatic rings. The lowest BCUT2D eigenvalue weighted by molar-refractivity contribution is -0.121. The van der Waals surface area contributed by atoms with Crippen molar-refractivity contribution in [2.45, 2.75) is 52.0 Å². The van der Waals surface area contributed by atoms with Gasteiger partial charge in [0.15, 0.2) is 0 Å². The standard InChI is InChI=1S/C21H24N4O2S/c1-14-5-4-6-15-20(14)23-13-25(21(15)27)12-10-18(26)22-11-9-19-24-16-7-2-3-8-17(16)28-19/h4-6,13H,2-3,7-12H2,1H3,(H,22,26). The van der Waals surface area contributed by atoms with Gasteiger partial charge >= 0.3 is 0 Å². The van der Waals surface area contributed by atoms with Gasteiger partial charge < -0.3 is 5.32 Å². The van der Waals surface area contributed by atoms with Gasteiger partial charge in [0.25, 0.3) is 5.56 Å². The molecule has 0 spiro atoms. The molecular formula is C21H24N4O2S. The van der Waals surface area contributed by atoms with Crippen molar-refractivity contribution in [3.8, 4) is 0 Å². The second-order valence-corrected chi connectivity index (χ2v) is 8.42. The van der Waals surface area contributed by atoms with Crippen LogP contribution in [0.2, 0.25) is 0 Å². The highest BCUT2D eigenvalue weighted by molar-refractivity contribution is 7.11. The number of aryl methyl sites for hydroxylation is 4. The van der Waals surface area contributed by atoms with E-state index in [1.165, 1.54) is 34.3 Å². The predicted molar refractivity (Wildman–Crippen MR) is 111 cm³/mol. The Balaban J connectivity index is 1.30. The number of amides is 1. The number of carbonyl (C=O) groups is 1. The lowest BCUT2D eigenvalue weighted by atomic mass is 10.0. The minimum absolute atomic E-state index is 0.0578. The average Bonchev–Trinajstić information content (AvgIpc) is 3.11. The molecule has 0 aliphatic heterocycles. The number of nitrogens with zero attached hydrogens (tertiary/aromatic N) is 3. The Morgan fingerprint density at radius 3 is 3.00 bits per heavy atom. The molecule has 1 aliphatic rings. The van der Waals surface area contributed by atoms with Crippen LogP contribution in [0.15, 0.2) is 29.3 Å². The highest BCUT2D eigenvalue weighted by atomic mass is 32.1. The first-order chi connectivity index (χ1) is 13.6. The van der Waals surface area contributed by atoms with E-state index < -0.39 is 0 Å². The monoisotopic (exact) mass is 396 g/mol. The van der Waals surface area contributed by atoms with Crippen molar-refractivity contribution in [3.05, 3.63) is 56.0 Å². The molecule has 7 heteroatoms. The predicted octanol–water partition coefficient (Wildman–Crippen LogP) is 2.79. The zero-order chi connectivity index (χ0) is 19.5. The molecule has 4 rings (SSSR count). The average molecular weight is 397 g/mol. The van der Waals surface area contributed by atoms with Crippen LogP contribution in [0.1, 0.15) is 40.4 Å². The third-order valence-electron chi connectivity index (χ3n) is 5.19. The number of rotatable bonds is 6. The van der Waals surface area contributed by atoms with Gasteiger partial charge in [0.05, 0.1) is 27.9 Å². The minimum Gasteiger partial charge on any atom is -0.356 e. The molecule has 1 aromatic carbocycles. The molecule has 1 aliphatic carbocycles. The Bertz CT molecular complexity index is 1050. The SMILES string of the molecule is Cc1cccc2c(=O)n(CCC(=O)NCCc3nc4c(s3)CCCC4)cnc12. The fraction of sp³-hybridized carbons (Fsp3) is 0.429. The molecule has 2 heterocycles. The van der Waals surface area contributed by atoms with E-state index in [4.69, 9.17) is 4.98 Å². The first kappa shape index (κ1) is 18.8. The second-order valence-electron chi connectivity index (χ2n) is 7.25. The first-order valence-electron chi connectivity index (χ1n) is 9.81. The summed E-state index contributed by atoms with van der Waals surface area (Å²) in [6.45, 7) is 2.84. The van der Waals surface area contributed by atoms with Crippen molar-refractivity contribution in [2.24, 2.45) is 0 Å². The van der Waals surface area contributed by atoms with Gasteiger partial charge in [0, 0.05) is 30.8 Å². The maximum atomic E-state index is 12.6. The Kier molecular flexibility index (Phi) is 5.52. The minimum atomic E-state index is -0.102. The Labute approximate surface area is 167 Å². The van der Waals surface area contributed by atoms with Gasteiger partial charge in [0.1, 0.15) is 0 Å². The molecule has 0 bridgehead atoms. The summed E-state index contributed by atoms with van der Waals surface area (Å²) in [4.78, 5) is 35.2. The highest BCUT2D eigenvalue weighted by Crippen LogP contribution is 2.26.